The maximum absolute atomic E-state index is 12.3. The summed E-state index contributed by atoms with van der Waals surface area (Å²) in [6, 6.07) is 4.43. The molecule has 7 heteroatoms. The number of benzene rings is 1. The van der Waals surface area contributed by atoms with Gasteiger partial charge >= 0.3 is 5.97 Å². The average molecular weight is 366 g/mol. The molecule has 1 aromatic carbocycles. The summed E-state index contributed by atoms with van der Waals surface area (Å²) in [5, 5.41) is 24.5. The molecule has 0 aliphatic carbocycles. The Kier molecular flexibility index (Phi) is 9.51. The Balaban J connectivity index is 2.51. The van der Waals surface area contributed by atoms with Crippen LogP contribution in [-0.4, -0.2) is 47.8 Å². The summed E-state index contributed by atoms with van der Waals surface area (Å²) >= 11 is 0. The number of hydrogen-bond donors (Lipinski definition) is 4. The molecule has 0 radical (unpaired) electrons. The highest BCUT2D eigenvalue weighted by Gasteiger charge is 2.22. The van der Waals surface area contributed by atoms with Crippen molar-refractivity contribution in [2.75, 3.05) is 13.7 Å². The Morgan fingerprint density at radius 1 is 1.31 bits per heavy atom. The standard InChI is InChI=1S/C19H30N2O5/c1-4-6-13(2)21-19(25)15(12-18(23)24)20-10-5-7-14-8-9-16(22)17(11-14)26-3/h8-9,11,13,15,20,22H,4-7,10,12H2,1-3H3,(H,21,25)(H,23,24)/t13-,15-/m1/s1. The molecule has 0 saturated heterocycles. The van der Waals surface area contributed by atoms with Gasteiger partial charge in [0.05, 0.1) is 19.6 Å². The minimum atomic E-state index is -1.01. The predicted octanol–water partition coefficient (Wildman–Crippen LogP) is 2.07. The van der Waals surface area contributed by atoms with E-state index in [-0.39, 0.29) is 24.1 Å². The van der Waals surface area contributed by atoms with Crippen LogP contribution < -0.4 is 15.4 Å². The quantitative estimate of drug-likeness (QED) is 0.422. The number of nitrogens with one attached hydrogen (secondary N) is 2. The fraction of sp³-hybridized carbons (Fsp3) is 0.579. The van der Waals surface area contributed by atoms with Crippen molar-refractivity contribution < 1.29 is 24.5 Å². The molecule has 0 aliphatic heterocycles. The van der Waals surface area contributed by atoms with Crippen LogP contribution in [0.1, 0.15) is 45.1 Å². The third-order valence-electron chi connectivity index (χ3n) is 4.08. The summed E-state index contributed by atoms with van der Waals surface area (Å²) in [7, 11) is 1.50. The number of phenolic OH excluding ortho intramolecular Hbond substituents is 1. The molecule has 0 bridgehead atoms. The maximum atomic E-state index is 12.3. The van der Waals surface area contributed by atoms with Crippen LogP contribution in [0.2, 0.25) is 0 Å². The number of carbonyl (C=O) groups is 2. The van der Waals surface area contributed by atoms with E-state index in [2.05, 4.69) is 10.6 Å². The second-order valence-corrected chi connectivity index (χ2v) is 6.41. The van der Waals surface area contributed by atoms with E-state index in [9.17, 15) is 14.7 Å². The number of phenols is 1. The van der Waals surface area contributed by atoms with E-state index in [1.807, 2.05) is 19.9 Å². The van der Waals surface area contributed by atoms with Gasteiger partial charge in [0.15, 0.2) is 11.5 Å². The van der Waals surface area contributed by atoms with E-state index in [0.29, 0.717) is 12.3 Å². The first kappa shape index (κ1) is 21.8. The van der Waals surface area contributed by atoms with Crippen LogP contribution in [-0.2, 0) is 16.0 Å². The van der Waals surface area contributed by atoms with E-state index >= 15 is 0 Å². The number of carboxylic acids is 1. The molecule has 4 N–H and O–H groups in total. The summed E-state index contributed by atoms with van der Waals surface area (Å²) in [6.45, 7) is 4.46. The summed E-state index contributed by atoms with van der Waals surface area (Å²) in [5.74, 6) is -0.777. The van der Waals surface area contributed by atoms with Gasteiger partial charge in [0.1, 0.15) is 0 Å². The molecule has 7 nitrogen and oxygen atoms in total. The van der Waals surface area contributed by atoms with Gasteiger partial charge in [0, 0.05) is 6.04 Å². The zero-order chi connectivity index (χ0) is 19.5. The zero-order valence-electron chi connectivity index (χ0n) is 15.7. The van der Waals surface area contributed by atoms with Crippen LogP contribution in [0, 0.1) is 0 Å². The van der Waals surface area contributed by atoms with Gasteiger partial charge < -0.3 is 25.6 Å². The third-order valence-corrected chi connectivity index (χ3v) is 4.08. The number of carboxylic acid groups (broad SMARTS) is 1. The molecular weight excluding hydrogens is 336 g/mol. The van der Waals surface area contributed by atoms with Crippen molar-refractivity contribution in [2.45, 2.75) is 58.0 Å². The normalized spacial score (nSPS) is 13.0. The van der Waals surface area contributed by atoms with Crippen molar-refractivity contribution in [1.82, 2.24) is 10.6 Å². The van der Waals surface area contributed by atoms with E-state index < -0.39 is 12.0 Å². The Hall–Kier alpha value is -2.28. The van der Waals surface area contributed by atoms with Crippen molar-refractivity contribution >= 4 is 11.9 Å². The molecule has 0 aromatic heterocycles. The summed E-state index contributed by atoms with van der Waals surface area (Å²) in [5.41, 5.74) is 0.997. The SMILES string of the molecule is CCC[C@@H](C)NC(=O)[C@@H](CC(=O)O)NCCCc1ccc(O)c(OC)c1. The predicted molar refractivity (Wildman–Crippen MR) is 99.5 cm³/mol. The van der Waals surface area contributed by atoms with Crippen molar-refractivity contribution in [3.63, 3.8) is 0 Å². The molecule has 1 aromatic rings. The molecule has 146 valence electrons. The number of carbonyl (C=O) groups excluding carboxylic acids is 1. The van der Waals surface area contributed by atoms with Gasteiger partial charge in [-0.2, -0.15) is 0 Å². The van der Waals surface area contributed by atoms with Crippen molar-refractivity contribution in [3.05, 3.63) is 23.8 Å². The first-order chi connectivity index (χ1) is 12.4. The van der Waals surface area contributed by atoms with Gasteiger partial charge in [-0.3, -0.25) is 9.59 Å². The molecular formula is C19H30N2O5. The van der Waals surface area contributed by atoms with Crippen LogP contribution in [0.15, 0.2) is 18.2 Å². The largest absolute Gasteiger partial charge is 0.504 e. The number of aliphatic carboxylic acids is 1. The molecule has 0 spiro atoms. The number of amides is 1. The highest BCUT2D eigenvalue weighted by atomic mass is 16.5. The second kappa shape index (κ2) is 11.4. The lowest BCUT2D eigenvalue weighted by Gasteiger charge is -2.20. The Labute approximate surface area is 154 Å². The minimum Gasteiger partial charge on any atom is -0.504 e. The fourth-order valence-electron chi connectivity index (χ4n) is 2.73. The lowest BCUT2D eigenvalue weighted by atomic mass is 10.1. The lowest BCUT2D eigenvalue weighted by Crippen LogP contribution is -2.48. The monoisotopic (exact) mass is 366 g/mol. The molecule has 0 aliphatic rings. The highest BCUT2D eigenvalue weighted by Crippen LogP contribution is 2.26. The van der Waals surface area contributed by atoms with E-state index in [0.717, 1.165) is 31.2 Å². The Bertz CT molecular complexity index is 591. The molecule has 0 fully saturated rings. The van der Waals surface area contributed by atoms with Gasteiger partial charge in [-0.1, -0.05) is 19.4 Å². The average Bonchev–Trinajstić information content (AvgIpc) is 2.58. The Morgan fingerprint density at radius 3 is 2.65 bits per heavy atom. The summed E-state index contributed by atoms with van der Waals surface area (Å²) in [4.78, 5) is 23.3. The van der Waals surface area contributed by atoms with Gasteiger partial charge in [0.25, 0.3) is 0 Å². The van der Waals surface area contributed by atoms with Crippen molar-refractivity contribution in [2.24, 2.45) is 0 Å². The van der Waals surface area contributed by atoms with Gasteiger partial charge in [0.2, 0.25) is 5.91 Å². The second-order valence-electron chi connectivity index (χ2n) is 6.41. The fourth-order valence-corrected chi connectivity index (χ4v) is 2.73. The third kappa shape index (κ3) is 7.74. The van der Waals surface area contributed by atoms with Crippen molar-refractivity contribution in [1.29, 1.82) is 0 Å². The van der Waals surface area contributed by atoms with Crippen LogP contribution >= 0.6 is 0 Å². The van der Waals surface area contributed by atoms with Crippen LogP contribution in [0.5, 0.6) is 11.5 Å². The highest BCUT2D eigenvalue weighted by molar-refractivity contribution is 5.86. The number of hydrogen-bond acceptors (Lipinski definition) is 5. The Morgan fingerprint density at radius 2 is 2.04 bits per heavy atom. The minimum absolute atomic E-state index is 0.0232. The first-order valence-electron chi connectivity index (χ1n) is 8.98. The number of methoxy groups -OCH3 is 1. The number of aryl methyl sites for hydroxylation is 1. The molecule has 26 heavy (non-hydrogen) atoms. The molecule has 2 atom stereocenters. The lowest BCUT2D eigenvalue weighted by molar-refractivity contribution is -0.140. The van der Waals surface area contributed by atoms with Gasteiger partial charge in [-0.05, 0) is 50.4 Å². The van der Waals surface area contributed by atoms with Gasteiger partial charge in [-0.25, -0.2) is 0 Å². The molecule has 1 rings (SSSR count). The molecule has 0 saturated carbocycles. The van der Waals surface area contributed by atoms with Crippen LogP contribution in [0.3, 0.4) is 0 Å². The summed E-state index contributed by atoms with van der Waals surface area (Å²) in [6.07, 6.45) is 3.00. The van der Waals surface area contributed by atoms with E-state index in [4.69, 9.17) is 9.84 Å². The van der Waals surface area contributed by atoms with Crippen LogP contribution in [0.4, 0.5) is 0 Å². The zero-order valence-corrected chi connectivity index (χ0v) is 15.7. The van der Waals surface area contributed by atoms with Gasteiger partial charge in [-0.15, -0.1) is 0 Å². The smallest absolute Gasteiger partial charge is 0.305 e. The number of aromatic hydroxyl groups is 1. The summed E-state index contributed by atoms with van der Waals surface area (Å²) < 4.78 is 5.08. The number of rotatable bonds is 12. The molecule has 0 unspecified atom stereocenters. The maximum Gasteiger partial charge on any atom is 0.305 e. The van der Waals surface area contributed by atoms with Crippen molar-refractivity contribution in [3.8, 4) is 11.5 Å². The molecule has 1 amide bonds. The van der Waals surface area contributed by atoms with Crippen LogP contribution in [0.25, 0.3) is 0 Å². The first-order valence-corrected chi connectivity index (χ1v) is 8.98. The topological polar surface area (TPSA) is 108 Å². The molecule has 0 heterocycles. The van der Waals surface area contributed by atoms with E-state index in [1.165, 1.54) is 7.11 Å². The number of ether oxygens (including phenoxy) is 1. The van der Waals surface area contributed by atoms with E-state index in [1.54, 1.807) is 12.1 Å².